The first-order valence-corrected chi connectivity index (χ1v) is 7.50. The summed E-state index contributed by atoms with van der Waals surface area (Å²) in [5.74, 6) is 0.473. The summed E-state index contributed by atoms with van der Waals surface area (Å²) >= 11 is 3.19. The molecule has 0 aliphatic rings. The summed E-state index contributed by atoms with van der Waals surface area (Å²) in [7, 11) is 0. The lowest BCUT2D eigenvalue weighted by molar-refractivity contribution is 0.0994. The third kappa shape index (κ3) is 2.71. The van der Waals surface area contributed by atoms with E-state index < -0.39 is 0 Å². The molecular formula is C15H14BrN3O2. The van der Waals surface area contributed by atoms with Crippen LogP contribution in [0.15, 0.2) is 45.5 Å². The number of carbonyl (C=O) groups is 1. The van der Waals surface area contributed by atoms with Crippen LogP contribution >= 0.6 is 15.9 Å². The molecule has 0 fully saturated rings. The number of amides is 1. The van der Waals surface area contributed by atoms with Crippen molar-refractivity contribution in [1.29, 1.82) is 0 Å². The molecule has 2 heterocycles. The normalized spacial score (nSPS) is 11.0. The Hall–Kier alpha value is -2.08. The van der Waals surface area contributed by atoms with Gasteiger partial charge >= 0.3 is 0 Å². The Labute approximate surface area is 130 Å². The van der Waals surface area contributed by atoms with Crippen molar-refractivity contribution in [3.63, 3.8) is 0 Å². The number of rotatable bonds is 4. The standard InChI is InChI=1S/C15H14BrN3O2/c1-2-9-19-11-6-4-3-5-10(11)17-15(19)18-14(20)12-7-8-13(16)21-12/h3-8H,2,9H2,1H3,(H,17,18,20). The number of halogens is 1. The highest BCUT2D eigenvalue weighted by molar-refractivity contribution is 9.10. The summed E-state index contributed by atoms with van der Waals surface area (Å²) < 4.78 is 7.79. The fraction of sp³-hybridized carbons (Fsp3) is 0.200. The molecule has 0 bridgehead atoms. The lowest BCUT2D eigenvalue weighted by atomic mass is 10.3. The number of aromatic nitrogens is 2. The number of fused-ring (bicyclic) bond motifs is 1. The van der Waals surface area contributed by atoms with Crippen LogP contribution in [0.2, 0.25) is 0 Å². The molecule has 1 amide bonds. The SMILES string of the molecule is CCCn1c(NC(=O)c2ccc(Br)o2)nc2ccccc21. The van der Waals surface area contributed by atoms with Gasteiger partial charge in [0, 0.05) is 6.54 Å². The van der Waals surface area contributed by atoms with Crippen molar-refractivity contribution < 1.29 is 9.21 Å². The number of aryl methyl sites for hydroxylation is 1. The topological polar surface area (TPSA) is 60.1 Å². The number of para-hydroxylation sites is 2. The Morgan fingerprint density at radius 2 is 2.14 bits per heavy atom. The highest BCUT2D eigenvalue weighted by Gasteiger charge is 2.16. The fourth-order valence-electron chi connectivity index (χ4n) is 2.22. The number of nitrogens with zero attached hydrogens (tertiary/aromatic N) is 2. The van der Waals surface area contributed by atoms with Crippen LogP contribution < -0.4 is 5.32 Å². The minimum absolute atomic E-state index is 0.247. The molecular weight excluding hydrogens is 334 g/mol. The summed E-state index contributed by atoms with van der Waals surface area (Å²) in [6, 6.07) is 11.1. The van der Waals surface area contributed by atoms with Crippen molar-refractivity contribution in [2.45, 2.75) is 19.9 Å². The van der Waals surface area contributed by atoms with Gasteiger partial charge in [0.05, 0.1) is 11.0 Å². The lowest BCUT2D eigenvalue weighted by Gasteiger charge is -2.07. The summed E-state index contributed by atoms with van der Waals surface area (Å²) in [6.07, 6.45) is 0.954. The molecule has 1 N–H and O–H groups in total. The van der Waals surface area contributed by atoms with E-state index in [0.717, 1.165) is 24.0 Å². The van der Waals surface area contributed by atoms with Crippen molar-refractivity contribution in [2.24, 2.45) is 0 Å². The molecule has 1 aromatic carbocycles. The molecule has 0 aliphatic carbocycles. The van der Waals surface area contributed by atoms with Gasteiger partial charge in [-0.1, -0.05) is 19.1 Å². The second kappa shape index (κ2) is 5.73. The molecule has 0 aliphatic heterocycles. The maximum atomic E-state index is 12.2. The van der Waals surface area contributed by atoms with Gasteiger partial charge in [-0.3, -0.25) is 10.1 Å². The maximum Gasteiger partial charge on any atom is 0.293 e. The first-order chi connectivity index (χ1) is 10.2. The van der Waals surface area contributed by atoms with Gasteiger partial charge in [-0.25, -0.2) is 4.98 Å². The third-order valence-electron chi connectivity index (χ3n) is 3.12. The largest absolute Gasteiger partial charge is 0.444 e. The summed E-state index contributed by atoms with van der Waals surface area (Å²) in [4.78, 5) is 16.7. The predicted molar refractivity (Wildman–Crippen MR) is 84.4 cm³/mol. The molecule has 5 nitrogen and oxygen atoms in total. The first-order valence-electron chi connectivity index (χ1n) is 6.71. The van der Waals surface area contributed by atoms with Crippen molar-refractivity contribution >= 4 is 38.8 Å². The summed E-state index contributed by atoms with van der Waals surface area (Å²) in [6.45, 7) is 2.88. The van der Waals surface area contributed by atoms with Crippen LogP contribution in [-0.4, -0.2) is 15.5 Å². The van der Waals surface area contributed by atoms with E-state index in [4.69, 9.17) is 4.42 Å². The molecule has 108 valence electrons. The first kappa shape index (κ1) is 13.9. The van der Waals surface area contributed by atoms with Crippen LogP contribution in [0.1, 0.15) is 23.9 Å². The number of imidazole rings is 1. The molecule has 0 saturated heterocycles. The third-order valence-corrected chi connectivity index (χ3v) is 3.55. The number of nitrogens with one attached hydrogen (secondary N) is 1. The van der Waals surface area contributed by atoms with Gasteiger partial charge in [0.2, 0.25) is 5.95 Å². The van der Waals surface area contributed by atoms with Crippen molar-refractivity contribution in [3.8, 4) is 0 Å². The van der Waals surface area contributed by atoms with Gasteiger partial charge in [-0.2, -0.15) is 0 Å². The molecule has 6 heteroatoms. The number of furan rings is 1. The molecule has 0 radical (unpaired) electrons. The monoisotopic (exact) mass is 347 g/mol. The van der Waals surface area contributed by atoms with Gasteiger partial charge in [-0.15, -0.1) is 0 Å². The quantitative estimate of drug-likeness (QED) is 0.774. The van der Waals surface area contributed by atoms with Gasteiger partial charge in [-0.05, 0) is 46.6 Å². The Morgan fingerprint density at radius 1 is 1.33 bits per heavy atom. The Morgan fingerprint density at radius 3 is 2.86 bits per heavy atom. The zero-order valence-corrected chi connectivity index (χ0v) is 13.1. The van der Waals surface area contributed by atoms with Crippen LogP contribution in [0.25, 0.3) is 11.0 Å². The van der Waals surface area contributed by atoms with Gasteiger partial charge < -0.3 is 8.98 Å². The zero-order valence-electron chi connectivity index (χ0n) is 11.5. The average Bonchev–Trinajstić information content (AvgIpc) is 3.04. The van der Waals surface area contributed by atoms with Crippen molar-refractivity contribution in [3.05, 3.63) is 46.8 Å². The number of benzene rings is 1. The second-order valence-electron chi connectivity index (χ2n) is 4.63. The van der Waals surface area contributed by atoms with Crippen LogP contribution in [0.3, 0.4) is 0 Å². The lowest BCUT2D eigenvalue weighted by Crippen LogP contribution is -2.15. The van der Waals surface area contributed by atoms with Crippen LogP contribution in [0, 0.1) is 0 Å². The van der Waals surface area contributed by atoms with Crippen molar-refractivity contribution in [1.82, 2.24) is 9.55 Å². The zero-order chi connectivity index (χ0) is 14.8. The summed E-state index contributed by atoms with van der Waals surface area (Å²) in [5.41, 5.74) is 1.87. The fourth-order valence-corrected chi connectivity index (χ4v) is 2.53. The van der Waals surface area contributed by atoms with Crippen LogP contribution in [0.4, 0.5) is 5.95 Å². The van der Waals surface area contributed by atoms with E-state index in [9.17, 15) is 4.79 Å². The van der Waals surface area contributed by atoms with Crippen LogP contribution in [-0.2, 0) is 6.54 Å². The molecule has 0 spiro atoms. The highest BCUT2D eigenvalue weighted by Crippen LogP contribution is 2.21. The molecule has 0 saturated carbocycles. The molecule has 0 unspecified atom stereocenters. The number of hydrogen-bond donors (Lipinski definition) is 1. The Kier molecular flexibility index (Phi) is 3.79. The molecule has 3 rings (SSSR count). The van der Waals surface area contributed by atoms with E-state index in [1.807, 2.05) is 28.8 Å². The molecule has 2 aromatic heterocycles. The molecule has 21 heavy (non-hydrogen) atoms. The molecule has 3 aromatic rings. The number of anilines is 1. The average molecular weight is 348 g/mol. The Bertz CT molecular complexity index is 791. The minimum Gasteiger partial charge on any atom is -0.444 e. The summed E-state index contributed by atoms with van der Waals surface area (Å²) in [5, 5.41) is 2.81. The van der Waals surface area contributed by atoms with Gasteiger partial charge in [0.15, 0.2) is 10.4 Å². The predicted octanol–water partition coefficient (Wildman–Crippen LogP) is 4.05. The van der Waals surface area contributed by atoms with Gasteiger partial charge in [0.25, 0.3) is 5.91 Å². The second-order valence-corrected chi connectivity index (χ2v) is 5.42. The minimum atomic E-state index is -0.312. The van der Waals surface area contributed by atoms with E-state index >= 15 is 0 Å². The highest BCUT2D eigenvalue weighted by atomic mass is 79.9. The van der Waals surface area contributed by atoms with E-state index in [0.29, 0.717) is 10.6 Å². The van der Waals surface area contributed by atoms with E-state index in [1.165, 1.54) is 0 Å². The Balaban J connectivity index is 1.96. The van der Waals surface area contributed by atoms with E-state index in [-0.39, 0.29) is 11.7 Å². The number of hydrogen-bond acceptors (Lipinski definition) is 3. The molecule has 0 atom stereocenters. The number of carbonyl (C=O) groups excluding carboxylic acids is 1. The van der Waals surface area contributed by atoms with Crippen molar-refractivity contribution in [2.75, 3.05) is 5.32 Å². The van der Waals surface area contributed by atoms with Gasteiger partial charge in [0.1, 0.15) is 0 Å². The maximum absolute atomic E-state index is 12.2. The van der Waals surface area contributed by atoms with Crippen LogP contribution in [0.5, 0.6) is 0 Å². The van der Waals surface area contributed by atoms with E-state index in [1.54, 1.807) is 12.1 Å². The smallest absolute Gasteiger partial charge is 0.293 e. The van der Waals surface area contributed by atoms with E-state index in [2.05, 4.69) is 33.2 Å².